The third-order valence-corrected chi connectivity index (χ3v) is 3.74. The lowest BCUT2D eigenvalue weighted by Gasteiger charge is -2.16. The van der Waals surface area contributed by atoms with Crippen LogP contribution in [-0.4, -0.2) is 18.6 Å². The fraction of sp³-hybridized carbons (Fsp3) is 0.545. The lowest BCUT2D eigenvalue weighted by atomic mass is 9.97. The van der Waals surface area contributed by atoms with Crippen molar-refractivity contribution in [3.63, 3.8) is 0 Å². The Morgan fingerprint density at radius 3 is 2.81 bits per heavy atom. The number of rotatable bonds is 1. The summed E-state index contributed by atoms with van der Waals surface area (Å²) in [6, 6.07) is 0. The standard InChI is InChI=1S/C11H14Cl2N2O/c1-6-3-4-14-5-7-8(6)9(12)10(13)11(15-7)16-2/h6,14H,3-5H2,1-2H3. The fourth-order valence-corrected chi connectivity index (χ4v) is 2.61. The Balaban J connectivity index is 2.59. The van der Waals surface area contributed by atoms with Crippen molar-refractivity contribution in [3.05, 3.63) is 21.3 Å². The van der Waals surface area contributed by atoms with Gasteiger partial charge in [0.15, 0.2) is 0 Å². The molecular formula is C11H14Cl2N2O. The highest BCUT2D eigenvalue weighted by Crippen LogP contribution is 2.39. The van der Waals surface area contributed by atoms with Crippen LogP contribution in [0.1, 0.15) is 30.5 Å². The van der Waals surface area contributed by atoms with Crippen molar-refractivity contribution < 1.29 is 4.74 Å². The first kappa shape index (κ1) is 12.0. The Morgan fingerprint density at radius 2 is 2.12 bits per heavy atom. The van der Waals surface area contributed by atoms with Crippen molar-refractivity contribution in [1.82, 2.24) is 10.3 Å². The number of hydrogen-bond acceptors (Lipinski definition) is 3. The van der Waals surface area contributed by atoms with Crippen molar-refractivity contribution in [3.8, 4) is 5.88 Å². The van der Waals surface area contributed by atoms with E-state index in [9.17, 15) is 0 Å². The zero-order valence-corrected chi connectivity index (χ0v) is 10.8. The summed E-state index contributed by atoms with van der Waals surface area (Å²) in [6.07, 6.45) is 1.04. The first-order valence-electron chi connectivity index (χ1n) is 5.27. The highest BCUT2D eigenvalue weighted by atomic mass is 35.5. The summed E-state index contributed by atoms with van der Waals surface area (Å²) in [5.41, 5.74) is 1.99. The van der Waals surface area contributed by atoms with Gasteiger partial charge in [-0.1, -0.05) is 30.1 Å². The van der Waals surface area contributed by atoms with Gasteiger partial charge in [-0.3, -0.25) is 0 Å². The van der Waals surface area contributed by atoms with Crippen LogP contribution in [0.5, 0.6) is 5.88 Å². The van der Waals surface area contributed by atoms with Gasteiger partial charge in [0.2, 0.25) is 5.88 Å². The molecule has 1 aromatic rings. The van der Waals surface area contributed by atoms with E-state index in [-0.39, 0.29) is 0 Å². The molecule has 1 aliphatic rings. The predicted octanol–water partition coefficient (Wildman–Crippen LogP) is 2.99. The van der Waals surface area contributed by atoms with Crippen LogP contribution in [0.2, 0.25) is 10.0 Å². The quantitative estimate of drug-likeness (QED) is 0.843. The van der Waals surface area contributed by atoms with Crippen molar-refractivity contribution >= 4 is 23.2 Å². The Hall–Kier alpha value is -0.510. The van der Waals surface area contributed by atoms with E-state index >= 15 is 0 Å². The molecule has 0 saturated heterocycles. The number of nitrogens with one attached hydrogen (secondary N) is 1. The smallest absolute Gasteiger partial charge is 0.234 e. The van der Waals surface area contributed by atoms with E-state index < -0.39 is 0 Å². The number of pyridine rings is 1. The SMILES string of the molecule is COc1nc2c(c(Cl)c1Cl)C(C)CCNC2. The number of fused-ring (bicyclic) bond motifs is 1. The van der Waals surface area contributed by atoms with Gasteiger partial charge >= 0.3 is 0 Å². The molecule has 3 nitrogen and oxygen atoms in total. The second-order valence-corrected chi connectivity index (χ2v) is 4.73. The summed E-state index contributed by atoms with van der Waals surface area (Å²) in [5.74, 6) is 0.773. The van der Waals surface area contributed by atoms with Crippen molar-refractivity contribution in [2.45, 2.75) is 25.8 Å². The maximum atomic E-state index is 6.28. The van der Waals surface area contributed by atoms with Crippen LogP contribution in [0.25, 0.3) is 0 Å². The van der Waals surface area contributed by atoms with Gasteiger partial charge in [-0.25, -0.2) is 4.98 Å². The monoisotopic (exact) mass is 260 g/mol. The number of aromatic nitrogens is 1. The number of hydrogen-bond donors (Lipinski definition) is 1. The molecule has 0 aromatic carbocycles. The Morgan fingerprint density at radius 1 is 1.38 bits per heavy atom. The molecule has 16 heavy (non-hydrogen) atoms. The van der Waals surface area contributed by atoms with Gasteiger partial charge in [0.05, 0.1) is 17.8 Å². The molecule has 1 N–H and O–H groups in total. The molecule has 1 atom stereocenters. The molecule has 0 saturated carbocycles. The zero-order chi connectivity index (χ0) is 11.7. The first-order chi connectivity index (χ1) is 7.65. The minimum absolute atomic E-state index is 0.369. The van der Waals surface area contributed by atoms with Crippen LogP contribution in [0.3, 0.4) is 0 Å². The van der Waals surface area contributed by atoms with E-state index in [2.05, 4.69) is 17.2 Å². The molecular weight excluding hydrogens is 247 g/mol. The largest absolute Gasteiger partial charge is 0.480 e. The molecule has 0 bridgehead atoms. The van der Waals surface area contributed by atoms with Crippen LogP contribution < -0.4 is 10.1 Å². The van der Waals surface area contributed by atoms with E-state index in [1.165, 1.54) is 0 Å². The molecule has 0 aliphatic carbocycles. The van der Waals surface area contributed by atoms with Gasteiger partial charge in [0.1, 0.15) is 5.02 Å². The first-order valence-corrected chi connectivity index (χ1v) is 6.03. The van der Waals surface area contributed by atoms with Crippen LogP contribution in [0.4, 0.5) is 0 Å². The second kappa shape index (κ2) is 4.78. The maximum absolute atomic E-state index is 6.28. The van der Waals surface area contributed by atoms with Gasteiger partial charge in [-0.2, -0.15) is 0 Å². The molecule has 88 valence electrons. The van der Waals surface area contributed by atoms with Crippen LogP contribution in [-0.2, 0) is 6.54 Å². The minimum Gasteiger partial charge on any atom is -0.480 e. The molecule has 1 aliphatic heterocycles. The highest BCUT2D eigenvalue weighted by molar-refractivity contribution is 6.43. The minimum atomic E-state index is 0.369. The van der Waals surface area contributed by atoms with E-state index in [1.54, 1.807) is 7.11 Å². The number of nitrogens with zero attached hydrogens (tertiary/aromatic N) is 1. The number of halogens is 2. The average molecular weight is 261 g/mol. The fourth-order valence-electron chi connectivity index (χ4n) is 2.01. The molecule has 0 fully saturated rings. The lowest BCUT2D eigenvalue weighted by Crippen LogP contribution is -2.13. The van der Waals surface area contributed by atoms with Gasteiger partial charge in [-0.05, 0) is 24.4 Å². The maximum Gasteiger partial charge on any atom is 0.234 e. The van der Waals surface area contributed by atoms with Gasteiger partial charge in [0, 0.05) is 6.54 Å². The molecule has 2 rings (SSSR count). The van der Waals surface area contributed by atoms with E-state index in [4.69, 9.17) is 27.9 Å². The lowest BCUT2D eigenvalue weighted by molar-refractivity contribution is 0.396. The average Bonchev–Trinajstić information content (AvgIpc) is 2.45. The third-order valence-electron chi connectivity index (χ3n) is 2.90. The topological polar surface area (TPSA) is 34.1 Å². The summed E-state index contributed by atoms with van der Waals surface area (Å²) >= 11 is 12.4. The van der Waals surface area contributed by atoms with Crippen molar-refractivity contribution in [1.29, 1.82) is 0 Å². The van der Waals surface area contributed by atoms with Gasteiger partial charge in [-0.15, -0.1) is 0 Å². The Labute approximate surface area is 105 Å². The molecule has 1 unspecified atom stereocenters. The van der Waals surface area contributed by atoms with Crippen LogP contribution in [0, 0.1) is 0 Å². The van der Waals surface area contributed by atoms with Gasteiger partial charge in [0.25, 0.3) is 0 Å². The van der Waals surface area contributed by atoms with E-state index in [1.807, 2.05) is 0 Å². The second-order valence-electron chi connectivity index (χ2n) is 3.98. The normalized spacial score (nSPS) is 20.1. The van der Waals surface area contributed by atoms with E-state index in [0.717, 1.165) is 24.2 Å². The van der Waals surface area contributed by atoms with E-state index in [0.29, 0.717) is 28.4 Å². The molecule has 0 spiro atoms. The summed E-state index contributed by atoms with van der Waals surface area (Å²) in [4.78, 5) is 4.40. The molecule has 0 radical (unpaired) electrons. The third kappa shape index (κ3) is 1.99. The molecule has 5 heteroatoms. The molecule has 1 aromatic heterocycles. The highest BCUT2D eigenvalue weighted by Gasteiger charge is 2.23. The zero-order valence-electron chi connectivity index (χ0n) is 9.31. The Bertz CT molecular complexity index is 409. The molecule has 0 amide bonds. The summed E-state index contributed by atoms with van der Waals surface area (Å²) < 4.78 is 5.11. The van der Waals surface area contributed by atoms with Crippen LogP contribution >= 0.6 is 23.2 Å². The van der Waals surface area contributed by atoms with Crippen LogP contribution in [0.15, 0.2) is 0 Å². The van der Waals surface area contributed by atoms with Gasteiger partial charge < -0.3 is 10.1 Å². The summed E-state index contributed by atoms with van der Waals surface area (Å²) in [6.45, 7) is 3.82. The number of methoxy groups -OCH3 is 1. The molecule has 2 heterocycles. The Kier molecular flexibility index (Phi) is 3.57. The summed E-state index contributed by atoms with van der Waals surface area (Å²) in [5, 5.41) is 4.31. The van der Waals surface area contributed by atoms with Crippen molar-refractivity contribution in [2.75, 3.05) is 13.7 Å². The predicted molar refractivity (Wildman–Crippen MR) is 65.5 cm³/mol. The number of ether oxygens (including phenoxy) is 1. The van der Waals surface area contributed by atoms with Crippen molar-refractivity contribution in [2.24, 2.45) is 0 Å². The summed E-state index contributed by atoms with van der Waals surface area (Å²) in [7, 11) is 1.55.